The van der Waals surface area contributed by atoms with Gasteiger partial charge in [0.2, 0.25) is 5.88 Å². The second-order valence-corrected chi connectivity index (χ2v) is 8.56. The lowest BCUT2D eigenvalue weighted by molar-refractivity contribution is -0.137. The van der Waals surface area contributed by atoms with E-state index in [1.165, 1.54) is 35.6 Å². The lowest BCUT2D eigenvalue weighted by Crippen LogP contribution is -2.48. The molecule has 3 N–H and O–H groups in total. The molecule has 1 saturated heterocycles. The molecule has 2 bridgehead atoms. The maximum absolute atomic E-state index is 13.4. The Morgan fingerprint density at radius 2 is 2.08 bits per heavy atom. The molecule has 1 fully saturated rings. The van der Waals surface area contributed by atoms with Gasteiger partial charge in [-0.2, -0.15) is 13.2 Å². The zero-order valence-electron chi connectivity index (χ0n) is 19.3. The van der Waals surface area contributed by atoms with Crippen molar-refractivity contribution in [1.82, 2.24) is 19.9 Å². The number of anilines is 3. The van der Waals surface area contributed by atoms with E-state index in [9.17, 15) is 23.1 Å². The first-order valence-corrected chi connectivity index (χ1v) is 11.4. The van der Waals surface area contributed by atoms with Crippen LogP contribution in [0.5, 0.6) is 5.88 Å². The second-order valence-electron chi connectivity index (χ2n) is 8.56. The predicted molar refractivity (Wildman–Crippen MR) is 125 cm³/mol. The lowest BCUT2D eigenvalue weighted by atomic mass is 10.1. The molecule has 3 aromatic rings. The molecule has 2 atom stereocenters. The monoisotopic (exact) mass is 517 g/mol. The second kappa shape index (κ2) is 9.78. The first-order valence-electron chi connectivity index (χ1n) is 11.4. The van der Waals surface area contributed by atoms with Crippen LogP contribution in [-0.2, 0) is 6.18 Å². The number of carbonyl (C=O) groups excluding carboxylic acids is 1. The zero-order chi connectivity index (χ0) is 26.2. The average Bonchev–Trinajstić information content (AvgIpc) is 3.31. The topological polar surface area (TPSA) is 137 Å². The van der Waals surface area contributed by atoms with Crippen LogP contribution in [0.15, 0.2) is 42.9 Å². The average molecular weight is 517 g/mol. The fourth-order valence-corrected chi connectivity index (χ4v) is 4.24. The van der Waals surface area contributed by atoms with Gasteiger partial charge in [-0.1, -0.05) is 12.1 Å². The van der Waals surface area contributed by atoms with E-state index in [0.29, 0.717) is 25.2 Å². The number of rotatable bonds is 6. The summed E-state index contributed by atoms with van der Waals surface area (Å²) in [6.45, 7) is 0.551. The Kier molecular flexibility index (Phi) is 6.52. The van der Waals surface area contributed by atoms with Gasteiger partial charge in [0.1, 0.15) is 24.9 Å². The number of aromatic nitrogens is 4. The normalized spacial score (nSPS) is 17.4. The van der Waals surface area contributed by atoms with E-state index in [-0.39, 0.29) is 41.6 Å². The summed E-state index contributed by atoms with van der Waals surface area (Å²) < 4.78 is 45.0. The molecule has 2 aliphatic rings. The van der Waals surface area contributed by atoms with Crippen molar-refractivity contribution in [3.63, 3.8) is 0 Å². The van der Waals surface area contributed by atoms with Gasteiger partial charge in [-0.3, -0.25) is 10.2 Å². The molecule has 2 amide bonds. The smallest absolute Gasteiger partial charge is 0.416 e. The van der Waals surface area contributed by atoms with E-state index in [2.05, 4.69) is 25.3 Å². The van der Waals surface area contributed by atoms with Crippen LogP contribution in [0.4, 0.5) is 35.3 Å². The van der Waals surface area contributed by atoms with E-state index < -0.39 is 30.5 Å². The summed E-state index contributed by atoms with van der Waals surface area (Å²) in [5.74, 6) is 0.552. The van der Waals surface area contributed by atoms with Crippen molar-refractivity contribution in [1.29, 1.82) is 0 Å². The first kappa shape index (κ1) is 24.6. The number of benzene rings is 1. The van der Waals surface area contributed by atoms with Crippen LogP contribution < -0.4 is 19.9 Å². The molecular weight excluding hydrogens is 495 g/mol. The highest BCUT2D eigenvalue weighted by atomic mass is 19.4. The number of urea groups is 1. The summed E-state index contributed by atoms with van der Waals surface area (Å²) in [6.07, 6.45) is -2.25. The minimum absolute atomic E-state index is 0.0605. The highest BCUT2D eigenvalue weighted by Crippen LogP contribution is 2.40. The molecule has 11 nitrogen and oxygen atoms in total. The summed E-state index contributed by atoms with van der Waals surface area (Å²) in [6, 6.07) is 5.32. The van der Waals surface area contributed by atoms with Crippen molar-refractivity contribution in [3.05, 3.63) is 48.4 Å². The molecule has 37 heavy (non-hydrogen) atoms. The largest absolute Gasteiger partial charge is 0.475 e. The summed E-state index contributed by atoms with van der Waals surface area (Å²) in [5, 5.41) is 21.0. The number of carbonyl (C=O) groups is 1. The summed E-state index contributed by atoms with van der Waals surface area (Å²) in [5.41, 5.74) is -0.0454. The number of alkyl halides is 3. The molecule has 2 aliphatic heterocycles. The van der Waals surface area contributed by atoms with Crippen molar-refractivity contribution >= 4 is 23.4 Å². The zero-order valence-corrected chi connectivity index (χ0v) is 19.3. The third kappa shape index (κ3) is 5.11. The lowest BCUT2D eigenvalue weighted by Gasteiger charge is -2.35. The Balaban J connectivity index is 1.42. The SMILES string of the molecule is O=C(Nc1cc(OC[C@H](O)CO)ncn1)N1c2nc(-c3cccc(C(F)(F)F)c3)ncc2N2CC[C@H]1C2. The Morgan fingerprint density at radius 1 is 1.24 bits per heavy atom. The van der Waals surface area contributed by atoms with E-state index in [1.54, 1.807) is 0 Å². The number of fused-ring (bicyclic) bond motifs is 4. The molecule has 4 heterocycles. The minimum atomic E-state index is -4.52. The van der Waals surface area contributed by atoms with E-state index in [1.807, 2.05) is 4.90 Å². The van der Waals surface area contributed by atoms with Gasteiger partial charge in [-0.25, -0.2) is 24.7 Å². The summed E-state index contributed by atoms with van der Waals surface area (Å²) in [4.78, 5) is 33.6. The molecule has 1 aromatic carbocycles. The Bertz CT molecular complexity index is 1310. The van der Waals surface area contributed by atoms with Crippen LogP contribution in [-0.4, -0.2) is 74.6 Å². The number of ether oxygens (including phenoxy) is 1. The highest BCUT2D eigenvalue weighted by molar-refractivity contribution is 6.04. The van der Waals surface area contributed by atoms with Gasteiger partial charge in [-0.15, -0.1) is 0 Å². The Hall–Kier alpha value is -4.04. The van der Waals surface area contributed by atoms with E-state index in [4.69, 9.17) is 9.84 Å². The summed E-state index contributed by atoms with van der Waals surface area (Å²) >= 11 is 0. The Morgan fingerprint density at radius 3 is 2.86 bits per heavy atom. The summed E-state index contributed by atoms with van der Waals surface area (Å²) in [7, 11) is 0. The van der Waals surface area contributed by atoms with Gasteiger partial charge in [0.15, 0.2) is 11.6 Å². The standard InChI is InChI=1S/C23H22F3N7O4/c24-23(25,26)14-3-1-2-13(6-14)20-27-8-17-21(31-20)33(15-4-5-32(17)9-15)22(36)30-18-7-19(29-12-28-18)37-11-16(35)10-34/h1-3,6-8,12,15-16,34-35H,4-5,9-11H2,(H,28,29,30,36)/t15-,16+/m0/s1. The number of amides is 2. The van der Waals surface area contributed by atoms with Gasteiger partial charge < -0.3 is 19.8 Å². The van der Waals surface area contributed by atoms with Crippen molar-refractivity contribution in [2.24, 2.45) is 0 Å². The van der Waals surface area contributed by atoms with Gasteiger partial charge in [-0.05, 0) is 18.6 Å². The van der Waals surface area contributed by atoms with Crippen LogP contribution in [0.1, 0.15) is 12.0 Å². The maximum atomic E-state index is 13.4. The van der Waals surface area contributed by atoms with Crippen LogP contribution in [0.3, 0.4) is 0 Å². The van der Waals surface area contributed by atoms with Crippen molar-refractivity contribution in [2.75, 3.05) is 41.4 Å². The quantitative estimate of drug-likeness (QED) is 0.450. The van der Waals surface area contributed by atoms with Crippen molar-refractivity contribution in [2.45, 2.75) is 24.7 Å². The number of nitrogens with zero attached hydrogens (tertiary/aromatic N) is 6. The highest BCUT2D eigenvalue weighted by Gasteiger charge is 2.41. The number of hydrogen-bond donors (Lipinski definition) is 3. The van der Waals surface area contributed by atoms with Crippen LogP contribution in [0.2, 0.25) is 0 Å². The fourth-order valence-electron chi connectivity index (χ4n) is 4.24. The number of aliphatic hydroxyl groups excluding tert-OH is 2. The van der Waals surface area contributed by atoms with Crippen molar-refractivity contribution in [3.8, 4) is 17.3 Å². The molecule has 14 heteroatoms. The first-order chi connectivity index (χ1) is 17.7. The number of nitrogens with one attached hydrogen (secondary N) is 1. The molecule has 2 aromatic heterocycles. The molecule has 5 rings (SSSR count). The number of aliphatic hydroxyl groups is 2. The van der Waals surface area contributed by atoms with Gasteiger partial charge in [0, 0.05) is 24.7 Å². The van der Waals surface area contributed by atoms with E-state index >= 15 is 0 Å². The minimum Gasteiger partial charge on any atom is -0.475 e. The predicted octanol–water partition coefficient (Wildman–Crippen LogP) is 2.32. The fraction of sp³-hybridized carbons (Fsp3) is 0.348. The van der Waals surface area contributed by atoms with Gasteiger partial charge in [0.05, 0.1) is 30.1 Å². The molecule has 0 saturated carbocycles. The molecule has 0 spiro atoms. The number of halogens is 3. The van der Waals surface area contributed by atoms with E-state index in [0.717, 1.165) is 12.1 Å². The molecule has 0 radical (unpaired) electrons. The maximum Gasteiger partial charge on any atom is 0.416 e. The third-order valence-electron chi connectivity index (χ3n) is 6.03. The van der Waals surface area contributed by atoms with Crippen molar-refractivity contribution < 1.29 is 32.9 Å². The van der Waals surface area contributed by atoms with Crippen LogP contribution in [0.25, 0.3) is 11.4 Å². The van der Waals surface area contributed by atoms with Gasteiger partial charge in [0.25, 0.3) is 0 Å². The molecular formula is C23H22F3N7O4. The Labute approximate surface area is 208 Å². The van der Waals surface area contributed by atoms with Crippen LogP contribution >= 0.6 is 0 Å². The molecule has 0 aliphatic carbocycles. The van der Waals surface area contributed by atoms with Gasteiger partial charge >= 0.3 is 12.2 Å². The van der Waals surface area contributed by atoms with Crippen LogP contribution in [0, 0.1) is 0 Å². The number of hydrogen-bond acceptors (Lipinski definition) is 9. The molecule has 0 unspecified atom stereocenters. The molecule has 194 valence electrons. The third-order valence-corrected chi connectivity index (χ3v) is 6.03.